The smallest absolute Gasteiger partial charge is 0.262 e. The molecule has 4 aromatic rings. The van der Waals surface area contributed by atoms with Crippen LogP contribution in [0, 0.1) is 25.5 Å². The molecule has 0 bridgehead atoms. The van der Waals surface area contributed by atoms with Gasteiger partial charge in [0.25, 0.3) is 5.56 Å². The summed E-state index contributed by atoms with van der Waals surface area (Å²) in [6, 6.07) is 10.1. The fourth-order valence-electron chi connectivity index (χ4n) is 3.37. The molecule has 0 amide bonds. The predicted octanol–water partition coefficient (Wildman–Crippen LogP) is 3.60. The topological polar surface area (TPSA) is 72.8 Å². The van der Waals surface area contributed by atoms with E-state index in [1.165, 1.54) is 13.2 Å². The number of H-pyrrole nitrogens is 1. The van der Waals surface area contributed by atoms with E-state index in [-0.39, 0.29) is 22.5 Å². The number of benzene rings is 2. The first-order valence-corrected chi connectivity index (χ1v) is 8.95. The molecule has 0 aliphatic carbocycles. The van der Waals surface area contributed by atoms with Gasteiger partial charge in [-0.25, -0.2) is 18.4 Å². The van der Waals surface area contributed by atoms with Gasteiger partial charge in [0.15, 0.2) is 17.3 Å². The molecule has 6 nitrogen and oxygen atoms in total. The molecule has 4 rings (SSSR count). The molecular weight excluding hydrogens is 378 g/mol. The number of nitrogens with one attached hydrogen (secondary N) is 1. The van der Waals surface area contributed by atoms with Crippen LogP contribution >= 0.6 is 0 Å². The number of aromatic amines is 1. The minimum Gasteiger partial charge on any atom is -0.494 e. The molecule has 0 spiro atoms. The van der Waals surface area contributed by atoms with Gasteiger partial charge in [-0.1, -0.05) is 29.8 Å². The van der Waals surface area contributed by atoms with Crippen molar-refractivity contribution in [1.82, 2.24) is 19.7 Å². The summed E-state index contributed by atoms with van der Waals surface area (Å²) in [6.07, 6.45) is 0.375. The summed E-state index contributed by atoms with van der Waals surface area (Å²) in [6.45, 7) is 3.58. The molecule has 1 N–H and O–H groups in total. The van der Waals surface area contributed by atoms with Crippen LogP contribution < -0.4 is 10.3 Å². The molecule has 0 aliphatic heterocycles. The van der Waals surface area contributed by atoms with Crippen molar-refractivity contribution in [2.24, 2.45) is 0 Å². The lowest BCUT2D eigenvalue weighted by Gasteiger charge is -2.11. The maximum Gasteiger partial charge on any atom is 0.262 e. The van der Waals surface area contributed by atoms with Crippen molar-refractivity contribution >= 4 is 11.0 Å². The van der Waals surface area contributed by atoms with E-state index in [9.17, 15) is 13.6 Å². The maximum atomic E-state index is 14.6. The third kappa shape index (κ3) is 3.26. The number of aromatic nitrogens is 4. The normalized spacial score (nSPS) is 11.2. The zero-order valence-corrected chi connectivity index (χ0v) is 16.1. The number of rotatable bonds is 4. The van der Waals surface area contributed by atoms with Crippen LogP contribution in [-0.4, -0.2) is 26.9 Å². The number of hydrogen-bond donors (Lipinski definition) is 1. The number of aryl methyl sites for hydroxylation is 2. The van der Waals surface area contributed by atoms with Gasteiger partial charge in [0.05, 0.1) is 12.8 Å². The van der Waals surface area contributed by atoms with E-state index < -0.39 is 17.2 Å². The second kappa shape index (κ2) is 7.12. The van der Waals surface area contributed by atoms with E-state index in [4.69, 9.17) is 4.74 Å². The molecule has 0 saturated heterocycles. The van der Waals surface area contributed by atoms with Crippen molar-refractivity contribution < 1.29 is 13.5 Å². The van der Waals surface area contributed by atoms with Crippen LogP contribution in [0.3, 0.4) is 0 Å². The van der Waals surface area contributed by atoms with Crippen molar-refractivity contribution in [3.63, 3.8) is 0 Å². The van der Waals surface area contributed by atoms with Gasteiger partial charge in [-0.3, -0.25) is 4.79 Å². The van der Waals surface area contributed by atoms with Crippen LogP contribution in [0.5, 0.6) is 5.75 Å². The van der Waals surface area contributed by atoms with E-state index >= 15 is 0 Å². The van der Waals surface area contributed by atoms with Crippen LogP contribution in [-0.2, 0) is 6.42 Å². The summed E-state index contributed by atoms with van der Waals surface area (Å²) in [5.41, 5.74) is 1.91. The molecule has 0 saturated carbocycles. The average molecular weight is 396 g/mol. The highest BCUT2D eigenvalue weighted by molar-refractivity contribution is 5.79. The van der Waals surface area contributed by atoms with E-state index in [1.807, 2.05) is 31.2 Å². The number of fused-ring (bicyclic) bond motifs is 1. The van der Waals surface area contributed by atoms with Gasteiger partial charge in [-0.05, 0) is 31.5 Å². The molecule has 0 unspecified atom stereocenters. The van der Waals surface area contributed by atoms with E-state index in [2.05, 4.69) is 15.1 Å². The molecule has 2 heterocycles. The van der Waals surface area contributed by atoms with Gasteiger partial charge in [0, 0.05) is 6.42 Å². The minimum absolute atomic E-state index is 0.0793. The Morgan fingerprint density at radius 3 is 2.69 bits per heavy atom. The summed E-state index contributed by atoms with van der Waals surface area (Å²) in [7, 11) is 1.35. The third-order valence-corrected chi connectivity index (χ3v) is 4.68. The van der Waals surface area contributed by atoms with Gasteiger partial charge in [-0.15, -0.1) is 0 Å². The Bertz CT molecular complexity index is 1290. The van der Waals surface area contributed by atoms with Crippen LogP contribution in [0.1, 0.15) is 22.6 Å². The molecule has 29 heavy (non-hydrogen) atoms. The number of nitrogens with zero attached hydrogens (tertiary/aromatic N) is 3. The monoisotopic (exact) mass is 396 g/mol. The Hall–Kier alpha value is -3.55. The van der Waals surface area contributed by atoms with Gasteiger partial charge in [-0.2, -0.15) is 5.10 Å². The highest BCUT2D eigenvalue weighted by Crippen LogP contribution is 2.30. The summed E-state index contributed by atoms with van der Waals surface area (Å²) >= 11 is 0. The highest BCUT2D eigenvalue weighted by atomic mass is 19.2. The largest absolute Gasteiger partial charge is 0.494 e. The fraction of sp³-hybridized carbons (Fsp3) is 0.190. The molecule has 2 aromatic carbocycles. The lowest BCUT2D eigenvalue weighted by molar-refractivity contribution is 0.402. The van der Waals surface area contributed by atoms with Crippen molar-refractivity contribution in [1.29, 1.82) is 0 Å². The van der Waals surface area contributed by atoms with Crippen LogP contribution in [0.4, 0.5) is 8.78 Å². The maximum absolute atomic E-state index is 14.6. The molecular formula is C21H18F2N4O2. The number of hydrogen-bond acceptors (Lipinski definition) is 4. The summed E-state index contributed by atoms with van der Waals surface area (Å²) in [4.78, 5) is 19.9. The number of halogens is 2. The second-order valence-electron chi connectivity index (χ2n) is 6.79. The Labute approximate surface area is 164 Å². The Balaban J connectivity index is 1.95. The minimum atomic E-state index is -1.13. The molecule has 8 heteroatoms. The SMILES string of the molecule is COc1ccc(F)c(F)c1-n1nc(C)c2c(=O)[nH]c(Cc3cccc(C)c3)nc21. The van der Waals surface area contributed by atoms with E-state index in [0.29, 0.717) is 17.9 Å². The lowest BCUT2D eigenvalue weighted by Crippen LogP contribution is -2.14. The van der Waals surface area contributed by atoms with Crippen molar-refractivity contribution in [2.45, 2.75) is 20.3 Å². The van der Waals surface area contributed by atoms with Crippen molar-refractivity contribution in [3.8, 4) is 11.4 Å². The zero-order valence-electron chi connectivity index (χ0n) is 16.1. The molecule has 0 fully saturated rings. The van der Waals surface area contributed by atoms with Gasteiger partial charge in [0.1, 0.15) is 22.6 Å². The first-order valence-electron chi connectivity index (χ1n) is 8.95. The summed E-state index contributed by atoms with van der Waals surface area (Å²) in [5.74, 6) is -1.70. The van der Waals surface area contributed by atoms with Gasteiger partial charge >= 0.3 is 0 Å². The first kappa shape index (κ1) is 18.8. The summed E-state index contributed by atoms with van der Waals surface area (Å²) < 4.78 is 34.9. The number of ether oxygens (including phenoxy) is 1. The second-order valence-corrected chi connectivity index (χ2v) is 6.79. The highest BCUT2D eigenvalue weighted by Gasteiger charge is 2.22. The Kier molecular flexibility index (Phi) is 4.62. The molecule has 0 aliphatic rings. The molecule has 0 radical (unpaired) electrons. The average Bonchev–Trinajstić information content (AvgIpc) is 3.00. The summed E-state index contributed by atoms with van der Waals surface area (Å²) in [5, 5.41) is 4.45. The van der Waals surface area contributed by atoms with E-state index in [0.717, 1.165) is 21.9 Å². The number of methoxy groups -OCH3 is 1. The molecule has 2 aromatic heterocycles. The molecule has 0 atom stereocenters. The van der Waals surface area contributed by atoms with Crippen LogP contribution in [0.15, 0.2) is 41.2 Å². The van der Waals surface area contributed by atoms with Crippen molar-refractivity contribution in [2.75, 3.05) is 7.11 Å². The zero-order chi connectivity index (χ0) is 20.7. The first-order chi connectivity index (χ1) is 13.9. The quantitative estimate of drug-likeness (QED) is 0.572. The Morgan fingerprint density at radius 1 is 1.17 bits per heavy atom. The Morgan fingerprint density at radius 2 is 1.97 bits per heavy atom. The molecule has 148 valence electrons. The van der Waals surface area contributed by atoms with Gasteiger partial charge < -0.3 is 9.72 Å². The van der Waals surface area contributed by atoms with Gasteiger partial charge in [0.2, 0.25) is 0 Å². The lowest BCUT2D eigenvalue weighted by atomic mass is 10.1. The van der Waals surface area contributed by atoms with Crippen LogP contribution in [0.2, 0.25) is 0 Å². The van der Waals surface area contributed by atoms with Crippen LogP contribution in [0.25, 0.3) is 16.7 Å². The van der Waals surface area contributed by atoms with Crippen molar-refractivity contribution in [3.05, 3.63) is 81.0 Å². The standard InChI is InChI=1S/C21H18F2N4O2/c1-11-5-4-6-13(9-11)10-16-24-20-17(21(28)25-16)12(2)26-27(20)19-15(29-3)8-7-14(22)18(19)23/h4-9H,10H2,1-3H3,(H,24,25,28). The third-order valence-electron chi connectivity index (χ3n) is 4.68. The fourth-order valence-corrected chi connectivity index (χ4v) is 3.37. The van der Waals surface area contributed by atoms with E-state index in [1.54, 1.807) is 6.92 Å². The predicted molar refractivity (Wildman–Crippen MR) is 105 cm³/mol.